The highest BCUT2D eigenvalue weighted by atomic mass is 16.5. The first-order chi connectivity index (χ1) is 12.7. The highest BCUT2D eigenvalue weighted by molar-refractivity contribution is 5.94. The maximum Gasteiger partial charge on any atom is 0.289 e. The molecular weight excluding hydrogens is 328 g/mol. The Morgan fingerprint density at radius 3 is 2.77 bits per heavy atom. The molecule has 1 heterocycles. The second-order valence-corrected chi connectivity index (χ2v) is 5.69. The van der Waals surface area contributed by atoms with Crippen LogP contribution in [0.15, 0.2) is 59.7 Å². The van der Waals surface area contributed by atoms with Gasteiger partial charge in [0.2, 0.25) is 0 Å². The highest BCUT2D eigenvalue weighted by Crippen LogP contribution is 2.18. The van der Waals surface area contributed by atoms with Gasteiger partial charge in [0, 0.05) is 5.56 Å². The van der Waals surface area contributed by atoms with Gasteiger partial charge in [-0.05, 0) is 35.7 Å². The number of amides is 1. The van der Waals surface area contributed by atoms with E-state index in [-0.39, 0.29) is 5.91 Å². The number of carbonyl (C=O) groups is 1. The van der Waals surface area contributed by atoms with Gasteiger partial charge in [0.25, 0.3) is 5.91 Å². The number of hydrogen-bond acceptors (Lipinski definition) is 4. The molecule has 6 nitrogen and oxygen atoms in total. The molecule has 0 aliphatic heterocycles. The summed E-state index contributed by atoms with van der Waals surface area (Å²) in [7, 11) is 1.60. The van der Waals surface area contributed by atoms with Gasteiger partial charge in [0.15, 0.2) is 0 Å². The number of hydrogen-bond donors (Lipinski definition) is 2. The number of aryl methyl sites for hydroxylation is 1. The lowest BCUT2D eigenvalue weighted by atomic mass is 10.1. The largest absolute Gasteiger partial charge is 0.497 e. The van der Waals surface area contributed by atoms with Gasteiger partial charge in [0.1, 0.15) is 11.4 Å². The quantitative estimate of drug-likeness (QED) is 0.529. The van der Waals surface area contributed by atoms with Crippen LogP contribution in [0.3, 0.4) is 0 Å². The summed E-state index contributed by atoms with van der Waals surface area (Å²) in [5, 5.41) is 10.9. The van der Waals surface area contributed by atoms with E-state index in [0.717, 1.165) is 29.0 Å². The maximum absolute atomic E-state index is 12.2. The smallest absolute Gasteiger partial charge is 0.289 e. The first kappa shape index (κ1) is 17.4. The van der Waals surface area contributed by atoms with Crippen molar-refractivity contribution < 1.29 is 9.53 Å². The van der Waals surface area contributed by atoms with Crippen molar-refractivity contribution in [2.75, 3.05) is 7.11 Å². The standard InChI is InChI=1S/C20H20N4O2/c1-3-14-7-9-16(10-8-14)18-12-19(23-22-18)20(25)24-21-13-15-5-4-6-17(11-15)26-2/h4-13H,3H2,1-2H3,(H,22,23)(H,24,25)/b21-13+. The number of ether oxygens (including phenoxy) is 1. The Labute approximate surface area is 151 Å². The molecule has 6 heteroatoms. The number of carbonyl (C=O) groups excluding carboxylic acids is 1. The highest BCUT2D eigenvalue weighted by Gasteiger charge is 2.10. The molecule has 3 aromatic rings. The third-order valence-electron chi connectivity index (χ3n) is 3.95. The zero-order chi connectivity index (χ0) is 18.4. The lowest BCUT2D eigenvalue weighted by molar-refractivity contribution is 0.0950. The van der Waals surface area contributed by atoms with Crippen LogP contribution in [0.4, 0.5) is 0 Å². The Morgan fingerprint density at radius 1 is 1.23 bits per heavy atom. The van der Waals surface area contributed by atoms with Gasteiger partial charge in [-0.1, -0.05) is 43.3 Å². The fourth-order valence-electron chi connectivity index (χ4n) is 2.44. The number of hydrazone groups is 1. The topological polar surface area (TPSA) is 79.4 Å². The molecular formula is C20H20N4O2. The molecule has 0 radical (unpaired) electrons. The van der Waals surface area contributed by atoms with Gasteiger partial charge in [-0.15, -0.1) is 0 Å². The molecule has 2 N–H and O–H groups in total. The molecule has 0 saturated heterocycles. The molecule has 1 amide bonds. The van der Waals surface area contributed by atoms with Crippen molar-refractivity contribution in [1.82, 2.24) is 15.6 Å². The number of nitrogens with one attached hydrogen (secondary N) is 2. The van der Waals surface area contributed by atoms with Crippen LogP contribution in [0.1, 0.15) is 28.5 Å². The first-order valence-electron chi connectivity index (χ1n) is 8.31. The van der Waals surface area contributed by atoms with E-state index in [0.29, 0.717) is 5.69 Å². The summed E-state index contributed by atoms with van der Waals surface area (Å²) in [6, 6.07) is 17.2. The third-order valence-corrected chi connectivity index (χ3v) is 3.95. The van der Waals surface area contributed by atoms with Crippen molar-refractivity contribution in [2.24, 2.45) is 5.10 Å². The van der Waals surface area contributed by atoms with E-state index < -0.39 is 0 Å². The summed E-state index contributed by atoms with van der Waals surface area (Å²) in [4.78, 5) is 12.2. The maximum atomic E-state index is 12.2. The summed E-state index contributed by atoms with van der Waals surface area (Å²) in [5.41, 5.74) is 6.59. The monoisotopic (exact) mass is 348 g/mol. The molecule has 0 aliphatic carbocycles. The number of aromatic amines is 1. The Kier molecular flexibility index (Phi) is 5.43. The predicted molar refractivity (Wildman–Crippen MR) is 101 cm³/mol. The van der Waals surface area contributed by atoms with Crippen LogP contribution >= 0.6 is 0 Å². The molecule has 0 spiro atoms. The Hall–Kier alpha value is -3.41. The van der Waals surface area contributed by atoms with Crippen molar-refractivity contribution in [2.45, 2.75) is 13.3 Å². The van der Waals surface area contributed by atoms with Crippen molar-refractivity contribution in [3.63, 3.8) is 0 Å². The normalized spacial score (nSPS) is 10.8. The number of nitrogens with zero attached hydrogens (tertiary/aromatic N) is 2. The zero-order valence-corrected chi connectivity index (χ0v) is 14.7. The summed E-state index contributed by atoms with van der Waals surface area (Å²) in [6.45, 7) is 2.11. The van der Waals surface area contributed by atoms with E-state index in [4.69, 9.17) is 4.74 Å². The molecule has 0 aliphatic rings. The lowest BCUT2D eigenvalue weighted by Gasteiger charge is -2.00. The molecule has 2 aromatic carbocycles. The van der Waals surface area contributed by atoms with Crippen LogP contribution < -0.4 is 10.2 Å². The summed E-state index contributed by atoms with van der Waals surface area (Å²) < 4.78 is 5.15. The van der Waals surface area contributed by atoms with Gasteiger partial charge in [-0.25, -0.2) is 5.43 Å². The van der Waals surface area contributed by atoms with Crippen molar-refractivity contribution in [3.8, 4) is 17.0 Å². The SMILES string of the molecule is CCc1ccc(-c2cc(C(=O)N/N=C/c3cccc(OC)c3)[nH]n2)cc1. The molecule has 0 fully saturated rings. The predicted octanol–water partition coefficient (Wildman–Crippen LogP) is 3.41. The molecule has 0 atom stereocenters. The first-order valence-corrected chi connectivity index (χ1v) is 8.31. The minimum absolute atomic E-state index is 0.349. The van der Waals surface area contributed by atoms with E-state index in [1.54, 1.807) is 19.4 Å². The summed E-state index contributed by atoms with van der Waals surface area (Å²) in [6.07, 6.45) is 2.54. The van der Waals surface area contributed by atoms with Crippen LogP contribution in [-0.2, 0) is 6.42 Å². The molecule has 0 unspecified atom stereocenters. The number of benzene rings is 2. The zero-order valence-electron chi connectivity index (χ0n) is 14.7. The average molecular weight is 348 g/mol. The van der Waals surface area contributed by atoms with Crippen LogP contribution in [-0.4, -0.2) is 29.4 Å². The molecule has 26 heavy (non-hydrogen) atoms. The van der Waals surface area contributed by atoms with E-state index >= 15 is 0 Å². The number of methoxy groups -OCH3 is 1. The van der Waals surface area contributed by atoms with Crippen LogP contribution in [0, 0.1) is 0 Å². The van der Waals surface area contributed by atoms with Crippen molar-refractivity contribution in [1.29, 1.82) is 0 Å². The van der Waals surface area contributed by atoms with Gasteiger partial charge in [0.05, 0.1) is 19.0 Å². The Bertz CT molecular complexity index is 914. The van der Waals surface area contributed by atoms with E-state index in [2.05, 4.69) is 39.8 Å². The second kappa shape index (κ2) is 8.11. The van der Waals surface area contributed by atoms with Crippen LogP contribution in [0.2, 0.25) is 0 Å². The Morgan fingerprint density at radius 2 is 2.04 bits per heavy atom. The summed E-state index contributed by atoms with van der Waals surface area (Å²) >= 11 is 0. The van der Waals surface area contributed by atoms with E-state index in [9.17, 15) is 4.79 Å². The lowest BCUT2D eigenvalue weighted by Crippen LogP contribution is -2.18. The van der Waals surface area contributed by atoms with Crippen LogP contribution in [0.25, 0.3) is 11.3 Å². The van der Waals surface area contributed by atoms with E-state index in [1.807, 2.05) is 36.4 Å². The Balaban J connectivity index is 1.64. The van der Waals surface area contributed by atoms with Crippen molar-refractivity contribution >= 4 is 12.1 Å². The third kappa shape index (κ3) is 4.16. The average Bonchev–Trinajstić information content (AvgIpc) is 3.18. The number of aromatic nitrogens is 2. The minimum Gasteiger partial charge on any atom is -0.497 e. The molecule has 1 aromatic heterocycles. The fourth-order valence-corrected chi connectivity index (χ4v) is 2.44. The molecule has 132 valence electrons. The minimum atomic E-state index is -0.354. The molecule has 3 rings (SSSR count). The van der Waals surface area contributed by atoms with Crippen LogP contribution in [0.5, 0.6) is 5.75 Å². The molecule has 0 bridgehead atoms. The number of H-pyrrole nitrogens is 1. The van der Waals surface area contributed by atoms with E-state index in [1.165, 1.54) is 5.56 Å². The van der Waals surface area contributed by atoms with Gasteiger partial charge in [-0.2, -0.15) is 10.2 Å². The van der Waals surface area contributed by atoms with Crippen molar-refractivity contribution in [3.05, 3.63) is 71.4 Å². The van der Waals surface area contributed by atoms with Gasteiger partial charge in [-0.3, -0.25) is 9.89 Å². The molecule has 0 saturated carbocycles. The van der Waals surface area contributed by atoms with Gasteiger partial charge >= 0.3 is 0 Å². The summed E-state index contributed by atoms with van der Waals surface area (Å²) in [5.74, 6) is 0.376. The second-order valence-electron chi connectivity index (χ2n) is 5.69. The van der Waals surface area contributed by atoms with Gasteiger partial charge < -0.3 is 4.74 Å². The fraction of sp³-hybridized carbons (Fsp3) is 0.150. The number of rotatable bonds is 6.